The first-order valence-electron chi connectivity index (χ1n) is 8.92. The molecule has 9 heteroatoms. The Morgan fingerprint density at radius 1 is 1.25 bits per heavy atom. The van der Waals surface area contributed by atoms with Crippen LogP contribution in [0.3, 0.4) is 0 Å². The van der Waals surface area contributed by atoms with Gasteiger partial charge in [-0.1, -0.05) is 23.7 Å². The Bertz CT molecular complexity index is 1210. The summed E-state index contributed by atoms with van der Waals surface area (Å²) in [6.45, 7) is 1.51. The number of nitrogens with zero attached hydrogens (tertiary/aromatic N) is 3. The van der Waals surface area contributed by atoms with Gasteiger partial charge in [-0.3, -0.25) is 23.6 Å². The van der Waals surface area contributed by atoms with Crippen LogP contribution in [0.4, 0.5) is 5.82 Å². The number of fused-ring (bicyclic) bond motifs is 3. The number of benzene rings is 1. The molecule has 0 unspecified atom stereocenters. The van der Waals surface area contributed by atoms with Crippen LogP contribution >= 0.6 is 11.6 Å². The molecule has 2 aromatic heterocycles. The van der Waals surface area contributed by atoms with E-state index in [0.717, 1.165) is 39.7 Å². The third-order valence-electron chi connectivity index (χ3n) is 5.20. The number of rotatable bonds is 3. The van der Waals surface area contributed by atoms with Gasteiger partial charge in [-0.15, -0.1) is 0 Å². The predicted octanol–water partition coefficient (Wildman–Crippen LogP) is 1.22. The van der Waals surface area contributed by atoms with Gasteiger partial charge in [0.1, 0.15) is 5.82 Å². The summed E-state index contributed by atoms with van der Waals surface area (Å²) in [5, 5.41) is 4.42. The van der Waals surface area contributed by atoms with Gasteiger partial charge in [-0.05, 0) is 11.6 Å². The number of hydrogen-bond acceptors (Lipinski definition) is 4. The molecule has 146 valence electrons. The van der Waals surface area contributed by atoms with Crippen LogP contribution < -0.4 is 16.6 Å². The highest BCUT2D eigenvalue weighted by Gasteiger charge is 2.23. The zero-order valence-corrected chi connectivity index (χ0v) is 16.3. The van der Waals surface area contributed by atoms with E-state index < -0.39 is 11.2 Å². The van der Waals surface area contributed by atoms with Crippen LogP contribution in [-0.4, -0.2) is 38.0 Å². The highest BCUT2D eigenvalue weighted by atomic mass is 35.5. The maximum atomic E-state index is 12.5. The number of amides is 1. The van der Waals surface area contributed by atoms with Crippen molar-refractivity contribution >= 4 is 34.2 Å². The van der Waals surface area contributed by atoms with E-state index in [2.05, 4.69) is 10.3 Å². The highest BCUT2D eigenvalue weighted by Crippen LogP contribution is 2.31. The van der Waals surface area contributed by atoms with Gasteiger partial charge >= 0.3 is 5.69 Å². The summed E-state index contributed by atoms with van der Waals surface area (Å²) in [5.41, 5.74) is 2.28. The minimum Gasteiger partial charge on any atom is -0.357 e. The molecular formula is C19H20ClN5O3. The third-order valence-corrected chi connectivity index (χ3v) is 5.51. The van der Waals surface area contributed by atoms with Gasteiger partial charge in [0.25, 0.3) is 5.56 Å². The Morgan fingerprint density at radius 2 is 2.04 bits per heavy atom. The Kier molecular flexibility index (Phi) is 4.60. The van der Waals surface area contributed by atoms with Crippen molar-refractivity contribution in [1.82, 2.24) is 19.0 Å². The monoisotopic (exact) mass is 401 g/mol. The smallest absolute Gasteiger partial charge is 0.332 e. The number of carbonyl (C=O) groups is 1. The fraction of sp³-hybridized carbons (Fsp3) is 0.316. The first kappa shape index (κ1) is 18.5. The maximum absolute atomic E-state index is 12.5. The molecule has 1 amide bonds. The first-order chi connectivity index (χ1) is 13.3. The van der Waals surface area contributed by atoms with E-state index in [1.54, 1.807) is 0 Å². The standard InChI is InChI=1S/C19H20ClN5O3/c1-23-15(8-17(27)24(2)19(23)28)22-16(26)10-25-7-6-14-12(9-25)11-4-3-5-13(20)18(11)21-14/h3-5,8,21H,6-7,9-10H2,1-2H3,(H,22,26). The van der Waals surface area contributed by atoms with Gasteiger partial charge in [0, 0.05) is 50.8 Å². The summed E-state index contributed by atoms with van der Waals surface area (Å²) in [6, 6.07) is 7.04. The second-order valence-electron chi connectivity index (χ2n) is 7.02. The molecule has 1 aromatic carbocycles. The molecule has 1 aliphatic heterocycles. The van der Waals surface area contributed by atoms with Gasteiger partial charge in [0.15, 0.2) is 0 Å². The number of halogens is 1. The molecule has 0 radical (unpaired) electrons. The third kappa shape index (κ3) is 3.14. The van der Waals surface area contributed by atoms with Gasteiger partial charge < -0.3 is 10.3 Å². The molecule has 0 fully saturated rings. The highest BCUT2D eigenvalue weighted by molar-refractivity contribution is 6.35. The fourth-order valence-electron chi connectivity index (χ4n) is 3.63. The van der Waals surface area contributed by atoms with Crippen LogP contribution in [0.15, 0.2) is 33.9 Å². The van der Waals surface area contributed by atoms with Crippen molar-refractivity contribution in [2.45, 2.75) is 13.0 Å². The molecule has 0 saturated heterocycles. The van der Waals surface area contributed by atoms with E-state index in [4.69, 9.17) is 11.6 Å². The molecule has 8 nitrogen and oxygen atoms in total. The molecule has 4 rings (SSSR count). The number of aromatic amines is 1. The zero-order valence-electron chi connectivity index (χ0n) is 15.6. The largest absolute Gasteiger partial charge is 0.357 e. The summed E-state index contributed by atoms with van der Waals surface area (Å²) in [5.74, 6) is -0.0840. The molecule has 0 atom stereocenters. The Hall–Kier alpha value is -2.84. The van der Waals surface area contributed by atoms with E-state index >= 15 is 0 Å². The van der Waals surface area contributed by atoms with Gasteiger partial charge in [0.2, 0.25) is 5.91 Å². The SMILES string of the molecule is Cn1c(NC(=O)CN2CCc3[nH]c4c(Cl)cccc4c3C2)cc(=O)n(C)c1=O. The van der Waals surface area contributed by atoms with E-state index in [1.807, 2.05) is 23.1 Å². The van der Waals surface area contributed by atoms with Crippen LogP contribution in [0, 0.1) is 0 Å². The topological polar surface area (TPSA) is 92.1 Å². The summed E-state index contributed by atoms with van der Waals surface area (Å²) in [7, 11) is 2.91. The average Bonchev–Trinajstić information content (AvgIpc) is 3.04. The summed E-state index contributed by atoms with van der Waals surface area (Å²) in [6.07, 6.45) is 0.790. The molecule has 3 aromatic rings. The fourth-order valence-corrected chi connectivity index (χ4v) is 3.85. The van der Waals surface area contributed by atoms with E-state index in [1.165, 1.54) is 24.7 Å². The van der Waals surface area contributed by atoms with Gasteiger partial charge in [0.05, 0.1) is 17.1 Å². The van der Waals surface area contributed by atoms with Crippen molar-refractivity contribution in [2.75, 3.05) is 18.4 Å². The van der Waals surface area contributed by atoms with Crippen LogP contribution in [0.5, 0.6) is 0 Å². The van der Waals surface area contributed by atoms with Crippen LogP contribution in [0.2, 0.25) is 5.02 Å². The second-order valence-corrected chi connectivity index (χ2v) is 7.43. The van der Waals surface area contributed by atoms with E-state index in [-0.39, 0.29) is 18.3 Å². The lowest BCUT2D eigenvalue weighted by molar-refractivity contribution is -0.117. The number of para-hydroxylation sites is 1. The van der Waals surface area contributed by atoms with Crippen molar-refractivity contribution in [2.24, 2.45) is 14.1 Å². The number of aromatic nitrogens is 3. The lowest BCUT2D eigenvalue weighted by atomic mass is 10.0. The Labute approximate surface area is 165 Å². The molecule has 0 bridgehead atoms. The zero-order chi connectivity index (χ0) is 20.0. The van der Waals surface area contributed by atoms with Gasteiger partial charge in [-0.25, -0.2) is 4.79 Å². The normalized spacial score (nSPS) is 14.2. The van der Waals surface area contributed by atoms with Crippen molar-refractivity contribution in [3.63, 3.8) is 0 Å². The number of anilines is 1. The second kappa shape index (κ2) is 6.96. The quantitative estimate of drug-likeness (QED) is 0.690. The first-order valence-corrected chi connectivity index (χ1v) is 9.30. The van der Waals surface area contributed by atoms with Crippen molar-refractivity contribution in [3.05, 3.63) is 61.4 Å². The average molecular weight is 402 g/mol. The molecular weight excluding hydrogens is 382 g/mol. The van der Waals surface area contributed by atoms with E-state index in [0.29, 0.717) is 11.6 Å². The van der Waals surface area contributed by atoms with Crippen LogP contribution in [0.25, 0.3) is 10.9 Å². The summed E-state index contributed by atoms with van der Waals surface area (Å²) >= 11 is 6.28. The predicted molar refractivity (Wildman–Crippen MR) is 108 cm³/mol. The molecule has 2 N–H and O–H groups in total. The van der Waals surface area contributed by atoms with Crippen molar-refractivity contribution in [1.29, 1.82) is 0 Å². The van der Waals surface area contributed by atoms with Crippen LogP contribution in [0.1, 0.15) is 11.3 Å². The lowest BCUT2D eigenvalue weighted by Gasteiger charge is -2.26. The van der Waals surface area contributed by atoms with E-state index in [9.17, 15) is 14.4 Å². The Balaban J connectivity index is 1.51. The maximum Gasteiger partial charge on any atom is 0.332 e. The summed E-state index contributed by atoms with van der Waals surface area (Å²) in [4.78, 5) is 41.7. The van der Waals surface area contributed by atoms with Crippen molar-refractivity contribution in [3.8, 4) is 0 Å². The minimum atomic E-state index is -0.485. The molecule has 0 saturated carbocycles. The number of hydrogen-bond donors (Lipinski definition) is 2. The molecule has 0 spiro atoms. The molecule has 1 aliphatic rings. The lowest BCUT2D eigenvalue weighted by Crippen LogP contribution is -2.40. The molecule has 0 aliphatic carbocycles. The summed E-state index contributed by atoms with van der Waals surface area (Å²) < 4.78 is 2.24. The van der Waals surface area contributed by atoms with Crippen LogP contribution in [-0.2, 0) is 31.9 Å². The molecule has 28 heavy (non-hydrogen) atoms. The van der Waals surface area contributed by atoms with Gasteiger partial charge in [-0.2, -0.15) is 0 Å². The number of carbonyl (C=O) groups excluding carboxylic acids is 1. The number of H-pyrrole nitrogens is 1. The molecule has 3 heterocycles. The minimum absolute atomic E-state index is 0.163. The van der Waals surface area contributed by atoms with Crippen molar-refractivity contribution < 1.29 is 4.79 Å². The number of nitrogens with one attached hydrogen (secondary N) is 2. The Morgan fingerprint density at radius 3 is 2.82 bits per heavy atom.